The number of hydrogen-bond acceptors (Lipinski definition) is 3. The molecular formula is C14H27Cl2N3O. The van der Waals surface area contributed by atoms with Crippen molar-refractivity contribution in [2.24, 2.45) is 11.8 Å². The largest absolute Gasteiger partial charge is 0.355 e. The van der Waals surface area contributed by atoms with Crippen molar-refractivity contribution in [3.05, 3.63) is 0 Å². The molecule has 0 aromatic carbocycles. The van der Waals surface area contributed by atoms with Gasteiger partial charge in [0.1, 0.15) is 0 Å². The standard InChI is InChI=1S/C14H25N3O.2ClH/c18-14(9-15-7-11-1-2-11)16-8-12-5-6-17(10-12)13-3-4-13;;/h11-13,15H,1-10H2,(H,16,18);2*1H. The van der Waals surface area contributed by atoms with E-state index in [1.54, 1.807) is 0 Å². The summed E-state index contributed by atoms with van der Waals surface area (Å²) in [5, 5.41) is 6.31. The van der Waals surface area contributed by atoms with Crippen LogP contribution in [0, 0.1) is 11.8 Å². The van der Waals surface area contributed by atoms with Crippen molar-refractivity contribution in [2.75, 3.05) is 32.7 Å². The van der Waals surface area contributed by atoms with E-state index in [1.165, 1.54) is 45.2 Å². The molecule has 118 valence electrons. The van der Waals surface area contributed by atoms with Crippen molar-refractivity contribution in [1.82, 2.24) is 15.5 Å². The van der Waals surface area contributed by atoms with E-state index >= 15 is 0 Å². The molecule has 1 amide bonds. The first-order valence-corrected chi connectivity index (χ1v) is 7.52. The Kier molecular flexibility index (Phi) is 7.59. The fraction of sp³-hybridized carbons (Fsp3) is 0.929. The highest BCUT2D eigenvalue weighted by Crippen LogP contribution is 2.31. The Labute approximate surface area is 134 Å². The van der Waals surface area contributed by atoms with Crippen LogP contribution >= 0.6 is 24.8 Å². The van der Waals surface area contributed by atoms with E-state index in [1.807, 2.05) is 0 Å². The van der Waals surface area contributed by atoms with Gasteiger partial charge in [-0.25, -0.2) is 0 Å². The van der Waals surface area contributed by atoms with Crippen molar-refractivity contribution in [1.29, 1.82) is 0 Å². The Balaban J connectivity index is 0.000001000. The van der Waals surface area contributed by atoms with E-state index in [0.29, 0.717) is 12.5 Å². The van der Waals surface area contributed by atoms with Gasteiger partial charge in [0.15, 0.2) is 0 Å². The lowest BCUT2D eigenvalue weighted by atomic mass is 10.1. The maximum Gasteiger partial charge on any atom is 0.233 e. The summed E-state index contributed by atoms with van der Waals surface area (Å²) < 4.78 is 0. The fourth-order valence-electron chi connectivity index (χ4n) is 2.83. The number of hydrogen-bond donors (Lipinski definition) is 2. The number of amides is 1. The fourth-order valence-corrected chi connectivity index (χ4v) is 2.83. The molecule has 1 heterocycles. The van der Waals surface area contributed by atoms with E-state index in [-0.39, 0.29) is 30.7 Å². The molecule has 0 spiro atoms. The average Bonchev–Trinajstić information content (AvgIpc) is 3.28. The van der Waals surface area contributed by atoms with Crippen molar-refractivity contribution in [3.63, 3.8) is 0 Å². The highest BCUT2D eigenvalue weighted by molar-refractivity contribution is 5.85. The summed E-state index contributed by atoms with van der Waals surface area (Å²) in [5.41, 5.74) is 0. The average molecular weight is 324 g/mol. The quantitative estimate of drug-likeness (QED) is 0.745. The van der Waals surface area contributed by atoms with Gasteiger partial charge in [0.25, 0.3) is 0 Å². The van der Waals surface area contributed by atoms with Crippen molar-refractivity contribution < 1.29 is 4.79 Å². The molecule has 20 heavy (non-hydrogen) atoms. The maximum atomic E-state index is 11.6. The van der Waals surface area contributed by atoms with E-state index in [4.69, 9.17) is 0 Å². The first kappa shape index (κ1) is 18.0. The lowest BCUT2D eigenvalue weighted by molar-refractivity contribution is -0.120. The lowest BCUT2D eigenvalue weighted by Gasteiger charge is -2.15. The minimum absolute atomic E-state index is 0. The summed E-state index contributed by atoms with van der Waals surface area (Å²) in [5.74, 6) is 1.69. The zero-order chi connectivity index (χ0) is 12.4. The van der Waals surface area contributed by atoms with Crippen LogP contribution < -0.4 is 10.6 Å². The van der Waals surface area contributed by atoms with Crippen LogP contribution in [0.2, 0.25) is 0 Å². The third kappa shape index (κ3) is 5.76. The Hall–Kier alpha value is -0.0300. The highest BCUT2D eigenvalue weighted by atomic mass is 35.5. The minimum Gasteiger partial charge on any atom is -0.355 e. The second-order valence-corrected chi connectivity index (χ2v) is 6.26. The van der Waals surface area contributed by atoms with Crippen molar-refractivity contribution >= 4 is 30.7 Å². The molecule has 2 N–H and O–H groups in total. The van der Waals surface area contributed by atoms with Gasteiger partial charge < -0.3 is 15.5 Å². The monoisotopic (exact) mass is 323 g/mol. The molecule has 0 aromatic heterocycles. The smallest absolute Gasteiger partial charge is 0.233 e. The van der Waals surface area contributed by atoms with Crippen LogP contribution in [-0.2, 0) is 4.79 Å². The Bertz CT molecular complexity index is 309. The molecule has 2 aliphatic carbocycles. The number of nitrogens with one attached hydrogen (secondary N) is 2. The Morgan fingerprint density at radius 1 is 1.00 bits per heavy atom. The second-order valence-electron chi connectivity index (χ2n) is 6.26. The molecule has 3 aliphatic rings. The van der Waals surface area contributed by atoms with E-state index < -0.39 is 0 Å². The summed E-state index contributed by atoms with van der Waals surface area (Å²) in [7, 11) is 0. The summed E-state index contributed by atoms with van der Waals surface area (Å²) in [4.78, 5) is 14.2. The molecule has 6 heteroatoms. The van der Waals surface area contributed by atoms with Crippen LogP contribution in [0.5, 0.6) is 0 Å². The molecule has 0 bridgehead atoms. The normalized spacial score (nSPS) is 25.7. The van der Waals surface area contributed by atoms with E-state index in [0.717, 1.165) is 25.0 Å². The van der Waals surface area contributed by atoms with E-state index in [9.17, 15) is 4.79 Å². The van der Waals surface area contributed by atoms with Crippen molar-refractivity contribution in [3.8, 4) is 0 Å². The molecule has 0 radical (unpaired) electrons. The van der Waals surface area contributed by atoms with Gasteiger partial charge in [0.05, 0.1) is 6.54 Å². The van der Waals surface area contributed by atoms with Crippen LogP contribution in [0.15, 0.2) is 0 Å². The van der Waals surface area contributed by atoms with Gasteiger partial charge >= 0.3 is 0 Å². The molecule has 1 saturated heterocycles. The molecule has 2 saturated carbocycles. The first-order chi connectivity index (χ1) is 8.81. The molecule has 1 aliphatic heterocycles. The third-order valence-electron chi connectivity index (χ3n) is 4.38. The van der Waals surface area contributed by atoms with Crippen LogP contribution in [-0.4, -0.2) is 49.6 Å². The molecule has 3 rings (SSSR count). The summed E-state index contributed by atoms with van der Waals surface area (Å²) in [6.45, 7) is 4.82. The van der Waals surface area contributed by atoms with Gasteiger partial charge in [-0.05, 0) is 57.0 Å². The van der Waals surface area contributed by atoms with Gasteiger partial charge in [0.2, 0.25) is 5.91 Å². The highest BCUT2D eigenvalue weighted by Gasteiger charge is 2.34. The maximum absolute atomic E-state index is 11.6. The van der Waals surface area contributed by atoms with Crippen LogP contribution in [0.3, 0.4) is 0 Å². The SMILES string of the molecule is Cl.Cl.O=C(CNCC1CC1)NCC1CCN(C2CC2)C1. The Morgan fingerprint density at radius 2 is 1.75 bits per heavy atom. The van der Waals surface area contributed by atoms with Crippen LogP contribution in [0.1, 0.15) is 32.1 Å². The number of carbonyl (C=O) groups is 1. The number of rotatable bonds is 7. The predicted molar refractivity (Wildman–Crippen MR) is 85.8 cm³/mol. The third-order valence-corrected chi connectivity index (χ3v) is 4.38. The number of halogens is 2. The zero-order valence-electron chi connectivity index (χ0n) is 12.0. The summed E-state index contributed by atoms with van der Waals surface area (Å²) in [6.07, 6.45) is 6.72. The van der Waals surface area contributed by atoms with Crippen molar-refractivity contribution in [2.45, 2.75) is 38.1 Å². The van der Waals surface area contributed by atoms with Gasteiger partial charge in [-0.1, -0.05) is 0 Å². The molecule has 1 atom stereocenters. The summed E-state index contributed by atoms with van der Waals surface area (Å²) in [6, 6.07) is 0.880. The Morgan fingerprint density at radius 3 is 2.40 bits per heavy atom. The predicted octanol–water partition coefficient (Wildman–Crippen LogP) is 1.43. The van der Waals surface area contributed by atoms with Crippen LogP contribution in [0.25, 0.3) is 0 Å². The number of nitrogens with zero attached hydrogens (tertiary/aromatic N) is 1. The minimum atomic E-state index is 0. The zero-order valence-corrected chi connectivity index (χ0v) is 13.6. The van der Waals surface area contributed by atoms with Gasteiger partial charge in [-0.3, -0.25) is 4.79 Å². The number of likely N-dealkylation sites (tertiary alicyclic amines) is 1. The molecular weight excluding hydrogens is 297 g/mol. The van der Waals surface area contributed by atoms with Crippen LogP contribution in [0.4, 0.5) is 0 Å². The second kappa shape index (κ2) is 8.42. The van der Waals surface area contributed by atoms with Gasteiger partial charge in [-0.15, -0.1) is 24.8 Å². The topological polar surface area (TPSA) is 44.4 Å². The summed E-state index contributed by atoms with van der Waals surface area (Å²) >= 11 is 0. The lowest BCUT2D eigenvalue weighted by Crippen LogP contribution is -2.37. The van der Waals surface area contributed by atoms with Gasteiger partial charge in [0, 0.05) is 19.1 Å². The van der Waals surface area contributed by atoms with E-state index in [2.05, 4.69) is 15.5 Å². The molecule has 3 fully saturated rings. The molecule has 1 unspecified atom stereocenters. The van der Waals surface area contributed by atoms with Gasteiger partial charge in [-0.2, -0.15) is 0 Å². The molecule has 4 nitrogen and oxygen atoms in total. The molecule has 0 aromatic rings. The number of carbonyl (C=O) groups excluding carboxylic acids is 1. The first-order valence-electron chi connectivity index (χ1n) is 7.52.